The Morgan fingerprint density at radius 3 is 2.52 bits per heavy atom. The summed E-state index contributed by atoms with van der Waals surface area (Å²) in [6, 6.07) is 4.11. The molecule has 0 amide bonds. The molecule has 0 aliphatic rings. The summed E-state index contributed by atoms with van der Waals surface area (Å²) >= 11 is 0. The molecule has 9 heteroatoms. The number of nitrogens with zero attached hydrogens (tertiary/aromatic N) is 2. The summed E-state index contributed by atoms with van der Waals surface area (Å²) < 4.78 is 26.0. The second kappa shape index (κ2) is 7.34. The normalized spacial score (nSPS) is 11.6. The van der Waals surface area contributed by atoms with Gasteiger partial charge in [-0.25, -0.2) is 8.42 Å². The summed E-state index contributed by atoms with van der Waals surface area (Å²) in [6.07, 6.45) is 0. The van der Waals surface area contributed by atoms with Gasteiger partial charge in [-0.1, -0.05) is 13.0 Å². The van der Waals surface area contributed by atoms with E-state index < -0.39 is 20.6 Å². The first-order chi connectivity index (χ1) is 9.89. The molecule has 118 valence electrons. The van der Waals surface area contributed by atoms with Crippen LogP contribution >= 0.6 is 0 Å². The summed E-state index contributed by atoms with van der Waals surface area (Å²) in [5, 5.41) is 23.0. The molecule has 0 saturated carbocycles. The number of sulfonamides is 1. The van der Waals surface area contributed by atoms with Gasteiger partial charge in [0.15, 0.2) is 4.90 Å². The zero-order valence-electron chi connectivity index (χ0n) is 11.9. The SMILES string of the molecule is CCNc1cccc(S(=O)(=O)N(CC)CCO)c1[N+](=O)[O-]. The Kier molecular flexibility index (Phi) is 6.06. The number of anilines is 1. The average Bonchev–Trinajstić information content (AvgIpc) is 2.44. The highest BCUT2D eigenvalue weighted by atomic mass is 32.2. The van der Waals surface area contributed by atoms with Gasteiger partial charge in [0.2, 0.25) is 10.0 Å². The van der Waals surface area contributed by atoms with Crippen molar-refractivity contribution in [3.05, 3.63) is 28.3 Å². The molecular weight excluding hydrogens is 298 g/mol. The number of hydrogen-bond acceptors (Lipinski definition) is 6. The highest BCUT2D eigenvalue weighted by Crippen LogP contribution is 2.33. The standard InChI is InChI=1S/C12H19N3O5S/c1-3-13-10-6-5-7-11(12(10)15(17)18)21(19,20)14(4-2)8-9-16/h5-7,13,16H,3-4,8-9H2,1-2H3. The number of para-hydroxylation sites is 1. The van der Waals surface area contributed by atoms with E-state index in [1.807, 2.05) is 0 Å². The van der Waals surface area contributed by atoms with Crippen molar-refractivity contribution in [3.8, 4) is 0 Å². The van der Waals surface area contributed by atoms with Gasteiger partial charge in [0.25, 0.3) is 0 Å². The maximum Gasteiger partial charge on any atom is 0.312 e. The van der Waals surface area contributed by atoms with Gasteiger partial charge < -0.3 is 10.4 Å². The summed E-state index contributed by atoms with van der Waals surface area (Å²) in [5.74, 6) is 0. The number of rotatable bonds is 8. The Morgan fingerprint density at radius 2 is 2.05 bits per heavy atom. The first kappa shape index (κ1) is 17.3. The fourth-order valence-corrected chi connectivity index (χ4v) is 3.57. The average molecular weight is 317 g/mol. The smallest absolute Gasteiger partial charge is 0.312 e. The molecule has 0 atom stereocenters. The van der Waals surface area contributed by atoms with Gasteiger partial charge in [0.1, 0.15) is 5.69 Å². The molecule has 0 unspecified atom stereocenters. The Hall–Kier alpha value is -1.71. The summed E-state index contributed by atoms with van der Waals surface area (Å²) in [5.41, 5.74) is -0.320. The van der Waals surface area contributed by atoms with Crippen LogP contribution in [0.3, 0.4) is 0 Å². The lowest BCUT2D eigenvalue weighted by Gasteiger charge is -2.19. The molecule has 0 aliphatic heterocycles. The fraction of sp³-hybridized carbons (Fsp3) is 0.500. The van der Waals surface area contributed by atoms with Crippen molar-refractivity contribution in [1.29, 1.82) is 0 Å². The zero-order chi connectivity index (χ0) is 16.0. The summed E-state index contributed by atoms with van der Waals surface area (Å²) in [7, 11) is -4.04. The molecule has 0 bridgehead atoms. The molecule has 0 aromatic heterocycles. The first-order valence-electron chi connectivity index (χ1n) is 6.52. The Bertz CT molecular complexity index is 603. The monoisotopic (exact) mass is 317 g/mol. The first-order valence-corrected chi connectivity index (χ1v) is 7.96. The number of aliphatic hydroxyl groups is 1. The van der Waals surface area contributed by atoms with E-state index in [2.05, 4.69) is 5.32 Å². The number of likely N-dealkylation sites (N-methyl/N-ethyl adjacent to an activating group) is 1. The van der Waals surface area contributed by atoms with E-state index in [1.54, 1.807) is 13.8 Å². The molecule has 1 rings (SSSR count). The second-order valence-corrected chi connectivity index (χ2v) is 6.07. The Morgan fingerprint density at radius 1 is 1.38 bits per heavy atom. The van der Waals surface area contributed by atoms with Crippen molar-refractivity contribution in [1.82, 2.24) is 4.31 Å². The van der Waals surface area contributed by atoms with Crippen LogP contribution in [0.1, 0.15) is 13.8 Å². The number of benzene rings is 1. The van der Waals surface area contributed by atoms with Crippen molar-refractivity contribution < 1.29 is 18.4 Å². The van der Waals surface area contributed by atoms with Crippen LogP contribution in [0.25, 0.3) is 0 Å². The van der Waals surface area contributed by atoms with E-state index in [0.717, 1.165) is 4.31 Å². The molecule has 1 aromatic rings. The van der Waals surface area contributed by atoms with E-state index in [-0.39, 0.29) is 30.3 Å². The third-order valence-corrected chi connectivity index (χ3v) is 4.87. The quantitative estimate of drug-likeness (QED) is 0.547. The van der Waals surface area contributed by atoms with Gasteiger partial charge in [-0.15, -0.1) is 0 Å². The van der Waals surface area contributed by atoms with E-state index in [4.69, 9.17) is 5.11 Å². The van der Waals surface area contributed by atoms with E-state index in [0.29, 0.717) is 6.54 Å². The van der Waals surface area contributed by atoms with Crippen LogP contribution in [0.2, 0.25) is 0 Å². The molecule has 0 heterocycles. The van der Waals surface area contributed by atoms with Gasteiger partial charge in [0, 0.05) is 19.6 Å². The lowest BCUT2D eigenvalue weighted by Crippen LogP contribution is -2.33. The highest BCUT2D eigenvalue weighted by molar-refractivity contribution is 7.89. The molecule has 21 heavy (non-hydrogen) atoms. The van der Waals surface area contributed by atoms with E-state index in [1.165, 1.54) is 18.2 Å². The minimum Gasteiger partial charge on any atom is -0.395 e. The summed E-state index contributed by atoms with van der Waals surface area (Å²) in [6.45, 7) is 3.45. The number of nitro groups is 1. The van der Waals surface area contributed by atoms with Gasteiger partial charge in [-0.3, -0.25) is 10.1 Å². The fourth-order valence-electron chi connectivity index (χ4n) is 1.95. The Balaban J connectivity index is 3.47. The number of aliphatic hydroxyl groups excluding tert-OH is 1. The van der Waals surface area contributed by atoms with Crippen LogP contribution in [-0.2, 0) is 10.0 Å². The van der Waals surface area contributed by atoms with Gasteiger partial charge >= 0.3 is 5.69 Å². The predicted octanol–water partition coefficient (Wildman–Crippen LogP) is 1.03. The maximum atomic E-state index is 12.5. The highest BCUT2D eigenvalue weighted by Gasteiger charge is 2.32. The molecule has 0 saturated heterocycles. The van der Waals surface area contributed by atoms with Crippen molar-refractivity contribution in [2.24, 2.45) is 0 Å². The topological polar surface area (TPSA) is 113 Å². The van der Waals surface area contributed by atoms with Crippen LogP contribution in [0.15, 0.2) is 23.1 Å². The van der Waals surface area contributed by atoms with Crippen molar-refractivity contribution in [2.75, 3.05) is 31.6 Å². The van der Waals surface area contributed by atoms with Crippen LogP contribution < -0.4 is 5.32 Å². The molecule has 0 aliphatic carbocycles. The van der Waals surface area contributed by atoms with Crippen LogP contribution in [0.5, 0.6) is 0 Å². The van der Waals surface area contributed by atoms with Gasteiger partial charge in [-0.2, -0.15) is 4.31 Å². The van der Waals surface area contributed by atoms with E-state index >= 15 is 0 Å². The Labute approximate surface area is 123 Å². The van der Waals surface area contributed by atoms with Crippen molar-refractivity contribution in [2.45, 2.75) is 18.7 Å². The molecular formula is C12H19N3O5S. The zero-order valence-corrected chi connectivity index (χ0v) is 12.8. The number of nitrogens with one attached hydrogen (secondary N) is 1. The number of nitro benzene ring substituents is 1. The van der Waals surface area contributed by atoms with E-state index in [9.17, 15) is 18.5 Å². The molecule has 2 N–H and O–H groups in total. The largest absolute Gasteiger partial charge is 0.395 e. The number of hydrogen-bond donors (Lipinski definition) is 2. The third-order valence-electron chi connectivity index (χ3n) is 2.87. The molecule has 0 fully saturated rings. The lowest BCUT2D eigenvalue weighted by molar-refractivity contribution is -0.386. The van der Waals surface area contributed by atoms with Crippen LogP contribution in [0.4, 0.5) is 11.4 Å². The van der Waals surface area contributed by atoms with Crippen LogP contribution in [-0.4, -0.2) is 49.0 Å². The maximum absolute atomic E-state index is 12.5. The lowest BCUT2D eigenvalue weighted by atomic mass is 10.2. The molecule has 1 aromatic carbocycles. The molecule has 8 nitrogen and oxygen atoms in total. The summed E-state index contributed by atoms with van der Waals surface area (Å²) in [4.78, 5) is 10.2. The van der Waals surface area contributed by atoms with Crippen LogP contribution in [0, 0.1) is 10.1 Å². The predicted molar refractivity (Wildman–Crippen MR) is 78.8 cm³/mol. The minimum atomic E-state index is -4.04. The van der Waals surface area contributed by atoms with Crippen molar-refractivity contribution in [3.63, 3.8) is 0 Å². The molecule has 0 spiro atoms. The minimum absolute atomic E-state index is 0.110. The second-order valence-electron chi connectivity index (χ2n) is 4.16. The van der Waals surface area contributed by atoms with Crippen molar-refractivity contribution >= 4 is 21.4 Å². The van der Waals surface area contributed by atoms with Gasteiger partial charge in [0.05, 0.1) is 11.5 Å². The van der Waals surface area contributed by atoms with Gasteiger partial charge in [-0.05, 0) is 19.1 Å². The molecule has 0 radical (unpaired) electrons. The third kappa shape index (κ3) is 3.69.